The quantitative estimate of drug-likeness (QED) is 0.740. The standard InChI is InChI=1S/C9H15F3N2O/c1-7(2)4-5(7)14-6(15)8(3,13)9(10,11)12/h5H,4,13H2,1-3H3,(H,14,15). The van der Waals surface area contributed by atoms with E-state index in [9.17, 15) is 18.0 Å². The zero-order valence-corrected chi connectivity index (χ0v) is 8.90. The molecule has 0 spiro atoms. The molecule has 0 radical (unpaired) electrons. The van der Waals surface area contributed by atoms with Crippen LogP contribution in [0.5, 0.6) is 0 Å². The van der Waals surface area contributed by atoms with Gasteiger partial charge in [-0.15, -0.1) is 0 Å². The summed E-state index contributed by atoms with van der Waals surface area (Å²) in [5, 5.41) is 2.31. The molecule has 1 amide bonds. The van der Waals surface area contributed by atoms with Crippen LogP contribution in [0, 0.1) is 5.41 Å². The van der Waals surface area contributed by atoms with E-state index in [0.29, 0.717) is 13.3 Å². The van der Waals surface area contributed by atoms with E-state index in [1.165, 1.54) is 0 Å². The van der Waals surface area contributed by atoms with Crippen LogP contribution in [0.1, 0.15) is 27.2 Å². The zero-order chi connectivity index (χ0) is 12.1. The second-order valence-corrected chi connectivity index (χ2v) is 4.92. The van der Waals surface area contributed by atoms with Crippen LogP contribution >= 0.6 is 0 Å². The molecule has 88 valence electrons. The van der Waals surface area contributed by atoms with Gasteiger partial charge in [-0.3, -0.25) is 4.79 Å². The third kappa shape index (κ3) is 2.25. The molecule has 0 saturated heterocycles. The van der Waals surface area contributed by atoms with Crippen molar-refractivity contribution in [3.8, 4) is 0 Å². The van der Waals surface area contributed by atoms with E-state index in [-0.39, 0.29) is 11.5 Å². The molecule has 15 heavy (non-hydrogen) atoms. The van der Waals surface area contributed by atoms with Crippen molar-refractivity contribution < 1.29 is 18.0 Å². The fraction of sp³-hybridized carbons (Fsp3) is 0.889. The molecule has 6 heteroatoms. The summed E-state index contributed by atoms with van der Waals surface area (Å²) in [5.41, 5.74) is 2.04. The molecule has 3 N–H and O–H groups in total. The van der Waals surface area contributed by atoms with Gasteiger partial charge in [0.05, 0.1) is 0 Å². The molecule has 0 aromatic heterocycles. The summed E-state index contributed by atoms with van der Waals surface area (Å²) < 4.78 is 37.1. The van der Waals surface area contributed by atoms with Crippen LogP contribution in [-0.2, 0) is 4.79 Å². The van der Waals surface area contributed by atoms with Crippen molar-refractivity contribution in [2.45, 2.75) is 44.9 Å². The monoisotopic (exact) mass is 224 g/mol. The van der Waals surface area contributed by atoms with Gasteiger partial charge in [-0.2, -0.15) is 13.2 Å². The zero-order valence-electron chi connectivity index (χ0n) is 8.90. The number of nitrogens with one attached hydrogen (secondary N) is 1. The molecule has 0 aromatic carbocycles. The normalized spacial score (nSPS) is 28.1. The number of amides is 1. The van der Waals surface area contributed by atoms with Crippen molar-refractivity contribution in [1.29, 1.82) is 0 Å². The average Bonchev–Trinajstić information content (AvgIpc) is 2.55. The summed E-state index contributed by atoms with van der Waals surface area (Å²) in [6, 6.07) is -0.199. The van der Waals surface area contributed by atoms with Crippen molar-refractivity contribution >= 4 is 5.91 Å². The first-order chi connectivity index (χ1) is 6.48. The summed E-state index contributed by atoms with van der Waals surface area (Å²) in [4.78, 5) is 11.3. The molecule has 2 atom stereocenters. The van der Waals surface area contributed by atoms with Gasteiger partial charge in [0.2, 0.25) is 5.91 Å². The lowest BCUT2D eigenvalue weighted by atomic mass is 10.0. The van der Waals surface area contributed by atoms with Crippen LogP contribution in [0.3, 0.4) is 0 Å². The highest BCUT2D eigenvalue weighted by molar-refractivity contribution is 5.87. The van der Waals surface area contributed by atoms with E-state index >= 15 is 0 Å². The number of hydrogen-bond donors (Lipinski definition) is 2. The van der Waals surface area contributed by atoms with Crippen molar-refractivity contribution in [2.75, 3.05) is 0 Å². The number of halogens is 3. The van der Waals surface area contributed by atoms with Gasteiger partial charge in [0.1, 0.15) is 0 Å². The molecule has 0 bridgehead atoms. The first kappa shape index (κ1) is 12.3. The summed E-state index contributed by atoms with van der Waals surface area (Å²) in [7, 11) is 0. The van der Waals surface area contributed by atoms with E-state index in [2.05, 4.69) is 5.32 Å². The Kier molecular flexibility index (Phi) is 2.54. The molecule has 1 saturated carbocycles. The molecule has 1 aliphatic rings. The Morgan fingerprint density at radius 2 is 1.87 bits per heavy atom. The summed E-state index contributed by atoms with van der Waals surface area (Å²) in [6.45, 7) is 4.43. The van der Waals surface area contributed by atoms with Crippen LogP contribution < -0.4 is 11.1 Å². The average molecular weight is 224 g/mol. The molecule has 1 aliphatic carbocycles. The number of carbonyl (C=O) groups is 1. The van der Waals surface area contributed by atoms with Gasteiger partial charge in [0.15, 0.2) is 5.54 Å². The van der Waals surface area contributed by atoms with Crippen molar-refractivity contribution in [1.82, 2.24) is 5.32 Å². The highest BCUT2D eigenvalue weighted by atomic mass is 19.4. The molecule has 0 aromatic rings. The van der Waals surface area contributed by atoms with E-state index in [1.54, 1.807) is 0 Å². The smallest absolute Gasteiger partial charge is 0.351 e. The highest BCUT2D eigenvalue weighted by Gasteiger charge is 2.56. The fourth-order valence-electron chi connectivity index (χ4n) is 1.15. The minimum absolute atomic E-state index is 0.114. The topological polar surface area (TPSA) is 55.1 Å². The number of rotatable bonds is 2. The largest absolute Gasteiger partial charge is 0.415 e. The number of carbonyl (C=O) groups excluding carboxylic acids is 1. The summed E-state index contributed by atoms with van der Waals surface area (Å²) in [6.07, 6.45) is -4.04. The highest BCUT2D eigenvalue weighted by Crippen LogP contribution is 2.45. The Morgan fingerprint density at radius 3 is 2.13 bits per heavy atom. The van der Waals surface area contributed by atoms with Gasteiger partial charge in [0.25, 0.3) is 0 Å². The first-order valence-electron chi connectivity index (χ1n) is 4.65. The number of hydrogen-bond acceptors (Lipinski definition) is 2. The number of nitrogens with two attached hydrogens (primary N) is 1. The maximum atomic E-state index is 12.4. The molecule has 2 unspecified atom stereocenters. The van der Waals surface area contributed by atoms with E-state index in [0.717, 1.165) is 0 Å². The Balaban J connectivity index is 2.62. The third-order valence-corrected chi connectivity index (χ3v) is 2.88. The van der Waals surface area contributed by atoms with Gasteiger partial charge < -0.3 is 11.1 Å². The summed E-state index contributed by atoms with van der Waals surface area (Å²) in [5.74, 6) is -1.16. The Bertz CT molecular complexity index is 284. The lowest BCUT2D eigenvalue weighted by Crippen LogP contribution is -2.61. The minimum Gasteiger partial charge on any atom is -0.351 e. The van der Waals surface area contributed by atoms with Gasteiger partial charge in [-0.1, -0.05) is 13.8 Å². The van der Waals surface area contributed by atoms with Crippen LogP contribution in [0.25, 0.3) is 0 Å². The summed E-state index contributed by atoms with van der Waals surface area (Å²) >= 11 is 0. The molecular weight excluding hydrogens is 209 g/mol. The van der Waals surface area contributed by atoms with Crippen molar-refractivity contribution in [3.63, 3.8) is 0 Å². The Morgan fingerprint density at radius 1 is 1.47 bits per heavy atom. The maximum Gasteiger partial charge on any atom is 0.415 e. The van der Waals surface area contributed by atoms with Crippen LogP contribution in [0.15, 0.2) is 0 Å². The second kappa shape index (κ2) is 3.10. The van der Waals surface area contributed by atoms with E-state index < -0.39 is 17.6 Å². The minimum atomic E-state index is -4.73. The van der Waals surface area contributed by atoms with Gasteiger partial charge in [-0.05, 0) is 18.8 Å². The lowest BCUT2D eigenvalue weighted by Gasteiger charge is -2.26. The number of alkyl halides is 3. The fourth-order valence-corrected chi connectivity index (χ4v) is 1.15. The molecule has 1 rings (SSSR count). The predicted molar refractivity (Wildman–Crippen MR) is 49.0 cm³/mol. The molecular formula is C9H15F3N2O. The van der Waals surface area contributed by atoms with Gasteiger partial charge in [-0.25, -0.2) is 0 Å². The first-order valence-corrected chi connectivity index (χ1v) is 4.65. The second-order valence-electron chi connectivity index (χ2n) is 4.92. The predicted octanol–water partition coefficient (Wildman–Crippen LogP) is 1.18. The lowest BCUT2D eigenvalue weighted by molar-refractivity contribution is -0.187. The van der Waals surface area contributed by atoms with Crippen LogP contribution in [0.4, 0.5) is 13.2 Å². The van der Waals surface area contributed by atoms with Crippen molar-refractivity contribution in [2.24, 2.45) is 11.1 Å². The molecule has 3 nitrogen and oxygen atoms in total. The van der Waals surface area contributed by atoms with Gasteiger partial charge >= 0.3 is 6.18 Å². The van der Waals surface area contributed by atoms with E-state index in [4.69, 9.17) is 5.73 Å². The van der Waals surface area contributed by atoms with Gasteiger partial charge in [0, 0.05) is 6.04 Å². The molecule has 0 heterocycles. The molecule has 0 aliphatic heterocycles. The van der Waals surface area contributed by atoms with Crippen LogP contribution in [-0.4, -0.2) is 23.7 Å². The van der Waals surface area contributed by atoms with Crippen molar-refractivity contribution in [3.05, 3.63) is 0 Å². The maximum absolute atomic E-state index is 12.4. The Hall–Kier alpha value is -0.780. The van der Waals surface area contributed by atoms with E-state index in [1.807, 2.05) is 13.8 Å². The third-order valence-electron chi connectivity index (χ3n) is 2.88. The Labute approximate surface area is 86.2 Å². The SMILES string of the molecule is CC1(C)CC1NC(=O)C(C)(N)C(F)(F)F. The molecule has 1 fully saturated rings. The van der Waals surface area contributed by atoms with Crippen LogP contribution in [0.2, 0.25) is 0 Å².